The highest BCUT2D eigenvalue weighted by Gasteiger charge is 2.06. The molecule has 154 valence electrons. The van der Waals surface area contributed by atoms with Crippen LogP contribution in [0.1, 0.15) is 28.4 Å². The van der Waals surface area contributed by atoms with Crippen LogP contribution in [-0.4, -0.2) is 11.6 Å². The molecule has 5 heteroatoms. The Morgan fingerprint density at radius 1 is 0.871 bits per heavy atom. The highest BCUT2D eigenvalue weighted by molar-refractivity contribution is 6.01. The van der Waals surface area contributed by atoms with Crippen LogP contribution in [-0.2, 0) is 6.61 Å². The van der Waals surface area contributed by atoms with Gasteiger partial charge in [-0.3, -0.25) is 4.79 Å². The fourth-order valence-corrected chi connectivity index (χ4v) is 3.20. The summed E-state index contributed by atoms with van der Waals surface area (Å²) in [6.45, 7) is 2.25. The topological polar surface area (TPSA) is 76.7 Å². The maximum Gasteiger partial charge on any atom is 0.271 e. The number of hydrogen-bond acceptors (Lipinski definition) is 4. The maximum atomic E-state index is 12.4. The summed E-state index contributed by atoms with van der Waals surface area (Å²) < 4.78 is 5.91. The molecule has 0 aliphatic rings. The van der Waals surface area contributed by atoms with Gasteiger partial charge in [-0.25, -0.2) is 5.43 Å². The van der Waals surface area contributed by atoms with Crippen LogP contribution in [0.4, 0.5) is 5.69 Å². The summed E-state index contributed by atoms with van der Waals surface area (Å²) in [6, 6.07) is 28.9. The molecule has 4 rings (SSSR count). The van der Waals surface area contributed by atoms with E-state index in [1.54, 1.807) is 18.2 Å². The minimum atomic E-state index is -0.273. The summed E-state index contributed by atoms with van der Waals surface area (Å²) in [5.74, 6) is 0.539. The van der Waals surface area contributed by atoms with Crippen LogP contribution < -0.4 is 15.9 Å². The fourth-order valence-electron chi connectivity index (χ4n) is 3.20. The summed E-state index contributed by atoms with van der Waals surface area (Å²) in [4.78, 5) is 12.4. The molecule has 1 amide bonds. The van der Waals surface area contributed by atoms with Crippen molar-refractivity contribution in [2.24, 2.45) is 5.10 Å². The molecule has 0 radical (unpaired) electrons. The molecule has 5 nitrogen and oxygen atoms in total. The van der Waals surface area contributed by atoms with Crippen molar-refractivity contribution in [2.75, 3.05) is 5.73 Å². The fraction of sp³-hybridized carbons (Fsp3) is 0.0769. The summed E-state index contributed by atoms with van der Waals surface area (Å²) in [5, 5.41) is 6.49. The average molecular weight is 409 g/mol. The van der Waals surface area contributed by atoms with Crippen LogP contribution in [0.5, 0.6) is 5.75 Å². The average Bonchev–Trinajstić information content (AvgIpc) is 2.81. The van der Waals surface area contributed by atoms with E-state index in [0.29, 0.717) is 23.6 Å². The van der Waals surface area contributed by atoms with E-state index in [1.807, 2.05) is 67.6 Å². The molecule has 0 unspecified atom stereocenters. The minimum Gasteiger partial charge on any atom is -0.489 e. The van der Waals surface area contributed by atoms with Crippen molar-refractivity contribution < 1.29 is 9.53 Å². The van der Waals surface area contributed by atoms with Gasteiger partial charge in [0, 0.05) is 11.3 Å². The molecule has 0 aliphatic carbocycles. The molecule has 0 bridgehead atoms. The highest BCUT2D eigenvalue weighted by Crippen LogP contribution is 2.21. The standard InChI is InChI=1S/C26H23N3O2/c1-18(22-7-4-8-24(27)15-22)28-29-26(30)21-11-9-19(10-12-21)17-31-25-14-13-20-5-2-3-6-23(20)16-25/h2-16H,17,27H2,1H3,(H,29,30)/b28-18-. The van der Waals surface area contributed by atoms with Crippen LogP contribution in [0.15, 0.2) is 96.1 Å². The van der Waals surface area contributed by atoms with Gasteiger partial charge in [-0.15, -0.1) is 0 Å². The SMILES string of the molecule is C/C(=N/NC(=O)c1ccc(COc2ccc3ccccc3c2)cc1)c1cccc(N)c1. The monoisotopic (exact) mass is 409 g/mol. The number of carbonyl (C=O) groups is 1. The Morgan fingerprint density at radius 3 is 2.42 bits per heavy atom. The van der Waals surface area contributed by atoms with Crippen LogP contribution in [0.3, 0.4) is 0 Å². The molecule has 0 saturated carbocycles. The normalized spacial score (nSPS) is 11.3. The zero-order chi connectivity index (χ0) is 21.6. The molecule has 0 spiro atoms. The van der Waals surface area contributed by atoms with E-state index < -0.39 is 0 Å². The van der Waals surface area contributed by atoms with Crippen molar-refractivity contribution in [3.05, 3.63) is 108 Å². The molecule has 0 aliphatic heterocycles. The molecule has 31 heavy (non-hydrogen) atoms. The van der Waals surface area contributed by atoms with Crippen LogP contribution in [0.25, 0.3) is 10.8 Å². The lowest BCUT2D eigenvalue weighted by Crippen LogP contribution is -2.19. The predicted octanol–water partition coefficient (Wildman–Crippen LogP) is 5.16. The molecular formula is C26H23N3O2. The number of ether oxygens (including phenoxy) is 1. The number of nitrogens with zero attached hydrogens (tertiary/aromatic N) is 1. The number of amides is 1. The molecule has 4 aromatic carbocycles. The molecule has 3 N–H and O–H groups in total. The number of hydrazone groups is 1. The van der Waals surface area contributed by atoms with Gasteiger partial charge in [-0.2, -0.15) is 5.10 Å². The van der Waals surface area contributed by atoms with Gasteiger partial charge in [0.1, 0.15) is 12.4 Å². The summed E-state index contributed by atoms with van der Waals surface area (Å²) >= 11 is 0. The van der Waals surface area contributed by atoms with Crippen LogP contribution in [0.2, 0.25) is 0 Å². The van der Waals surface area contributed by atoms with Gasteiger partial charge in [-0.1, -0.05) is 54.6 Å². The van der Waals surface area contributed by atoms with Crippen molar-refractivity contribution >= 4 is 28.1 Å². The van der Waals surface area contributed by atoms with Crippen molar-refractivity contribution in [3.63, 3.8) is 0 Å². The third-order valence-corrected chi connectivity index (χ3v) is 4.97. The first-order chi connectivity index (χ1) is 15.1. The van der Waals surface area contributed by atoms with Crippen molar-refractivity contribution in [1.82, 2.24) is 5.43 Å². The quantitative estimate of drug-likeness (QED) is 0.262. The number of nitrogens with two attached hydrogens (primary N) is 1. The number of benzene rings is 4. The Morgan fingerprint density at radius 2 is 1.65 bits per heavy atom. The second-order valence-electron chi connectivity index (χ2n) is 7.26. The van der Waals surface area contributed by atoms with Gasteiger partial charge in [-0.05, 0) is 65.2 Å². The molecule has 0 fully saturated rings. The Labute approximate surface area is 181 Å². The largest absolute Gasteiger partial charge is 0.489 e. The van der Waals surface area contributed by atoms with E-state index in [-0.39, 0.29) is 5.91 Å². The number of anilines is 1. The minimum absolute atomic E-state index is 0.273. The number of rotatable bonds is 6. The molecule has 0 atom stereocenters. The zero-order valence-electron chi connectivity index (χ0n) is 17.2. The number of carbonyl (C=O) groups excluding carboxylic acids is 1. The number of fused-ring (bicyclic) bond motifs is 1. The first-order valence-corrected chi connectivity index (χ1v) is 9.99. The van der Waals surface area contributed by atoms with E-state index in [2.05, 4.69) is 22.7 Å². The second kappa shape index (κ2) is 9.13. The van der Waals surface area contributed by atoms with E-state index in [9.17, 15) is 4.79 Å². The van der Waals surface area contributed by atoms with Gasteiger partial charge in [0.15, 0.2) is 0 Å². The lowest BCUT2D eigenvalue weighted by Gasteiger charge is -2.08. The van der Waals surface area contributed by atoms with Gasteiger partial charge in [0.05, 0.1) is 5.71 Å². The van der Waals surface area contributed by atoms with Crippen molar-refractivity contribution in [1.29, 1.82) is 0 Å². The Bertz CT molecular complexity index is 1250. The van der Waals surface area contributed by atoms with Crippen LogP contribution in [0, 0.1) is 0 Å². The molecular weight excluding hydrogens is 386 g/mol. The molecule has 0 heterocycles. The molecule has 4 aromatic rings. The molecule has 0 aromatic heterocycles. The Balaban J connectivity index is 1.35. The van der Waals surface area contributed by atoms with Crippen molar-refractivity contribution in [3.8, 4) is 5.75 Å². The van der Waals surface area contributed by atoms with E-state index in [0.717, 1.165) is 22.3 Å². The Kier molecular flexibility index (Phi) is 5.94. The third kappa shape index (κ3) is 5.08. The number of nitrogens with one attached hydrogen (secondary N) is 1. The van der Waals surface area contributed by atoms with Gasteiger partial charge >= 0.3 is 0 Å². The predicted molar refractivity (Wildman–Crippen MR) is 125 cm³/mol. The van der Waals surface area contributed by atoms with Crippen LogP contribution >= 0.6 is 0 Å². The van der Waals surface area contributed by atoms with E-state index in [4.69, 9.17) is 10.5 Å². The molecule has 0 saturated heterocycles. The maximum absolute atomic E-state index is 12.4. The Hall–Kier alpha value is -4.12. The highest BCUT2D eigenvalue weighted by atomic mass is 16.5. The zero-order valence-corrected chi connectivity index (χ0v) is 17.2. The van der Waals surface area contributed by atoms with Crippen molar-refractivity contribution in [2.45, 2.75) is 13.5 Å². The second-order valence-corrected chi connectivity index (χ2v) is 7.26. The van der Waals surface area contributed by atoms with Gasteiger partial charge in [0.25, 0.3) is 5.91 Å². The third-order valence-electron chi connectivity index (χ3n) is 4.97. The summed E-state index contributed by atoms with van der Waals surface area (Å²) in [5.41, 5.74) is 12.1. The lowest BCUT2D eigenvalue weighted by molar-refractivity contribution is 0.0955. The van der Waals surface area contributed by atoms with E-state index >= 15 is 0 Å². The van der Waals surface area contributed by atoms with Gasteiger partial charge < -0.3 is 10.5 Å². The number of nitrogen functional groups attached to an aromatic ring is 1. The summed E-state index contributed by atoms with van der Waals surface area (Å²) in [6.07, 6.45) is 0. The first kappa shape index (κ1) is 20.2. The smallest absolute Gasteiger partial charge is 0.271 e. The summed E-state index contributed by atoms with van der Waals surface area (Å²) in [7, 11) is 0. The first-order valence-electron chi connectivity index (χ1n) is 9.99. The van der Waals surface area contributed by atoms with E-state index in [1.165, 1.54) is 5.39 Å². The lowest BCUT2D eigenvalue weighted by atomic mass is 10.1. The number of hydrogen-bond donors (Lipinski definition) is 2. The van der Waals surface area contributed by atoms with Gasteiger partial charge in [0.2, 0.25) is 0 Å².